The van der Waals surface area contributed by atoms with Gasteiger partial charge in [0.15, 0.2) is 0 Å². The minimum atomic E-state index is -0.209. The van der Waals surface area contributed by atoms with E-state index in [1.54, 1.807) is 29.0 Å². The zero-order valence-corrected chi connectivity index (χ0v) is 13.8. The number of nitrogens with zero attached hydrogens (tertiary/aromatic N) is 4. The summed E-state index contributed by atoms with van der Waals surface area (Å²) >= 11 is 0. The number of urea groups is 1. The van der Waals surface area contributed by atoms with Crippen molar-refractivity contribution in [1.82, 2.24) is 19.6 Å². The Hall–Kier alpha value is -2.38. The Bertz CT molecular complexity index is 673. The summed E-state index contributed by atoms with van der Waals surface area (Å²) in [5.41, 5.74) is 1.90. The van der Waals surface area contributed by atoms with Crippen molar-refractivity contribution in [1.29, 1.82) is 0 Å². The third kappa shape index (κ3) is 3.93. The van der Waals surface area contributed by atoms with Crippen molar-refractivity contribution in [2.24, 2.45) is 7.05 Å². The number of anilines is 1. The van der Waals surface area contributed by atoms with Crippen molar-refractivity contribution in [3.05, 3.63) is 48.3 Å². The van der Waals surface area contributed by atoms with Gasteiger partial charge in [-0.3, -0.25) is 9.58 Å². The highest BCUT2D eigenvalue weighted by Gasteiger charge is 2.30. The Morgan fingerprint density at radius 3 is 2.79 bits per heavy atom. The van der Waals surface area contributed by atoms with E-state index in [0.717, 1.165) is 13.1 Å². The molecular weight excluding hydrogens is 306 g/mol. The normalized spacial score (nSPS) is 18.6. The van der Waals surface area contributed by atoms with E-state index in [2.05, 4.69) is 27.4 Å². The second-order valence-electron chi connectivity index (χ2n) is 6.08. The number of aliphatic hydroxyl groups excluding tert-OH is 1. The number of hydrogen-bond donors (Lipinski definition) is 2. The second kappa shape index (κ2) is 7.46. The Morgan fingerprint density at radius 2 is 2.12 bits per heavy atom. The van der Waals surface area contributed by atoms with Crippen molar-refractivity contribution in [2.75, 3.05) is 31.6 Å². The van der Waals surface area contributed by atoms with E-state index in [4.69, 9.17) is 0 Å². The second-order valence-corrected chi connectivity index (χ2v) is 6.08. The molecule has 1 atom stereocenters. The molecule has 128 valence electrons. The quantitative estimate of drug-likeness (QED) is 0.882. The lowest BCUT2D eigenvalue weighted by molar-refractivity contribution is 0.0623. The van der Waals surface area contributed by atoms with Gasteiger partial charge >= 0.3 is 6.03 Å². The largest absolute Gasteiger partial charge is 0.394 e. The topological polar surface area (TPSA) is 73.6 Å². The van der Waals surface area contributed by atoms with Crippen LogP contribution in [-0.4, -0.2) is 63.0 Å². The maximum Gasteiger partial charge on any atom is 0.322 e. The van der Waals surface area contributed by atoms with Crippen molar-refractivity contribution < 1.29 is 9.90 Å². The Morgan fingerprint density at radius 1 is 1.33 bits per heavy atom. The maximum absolute atomic E-state index is 12.5. The highest BCUT2D eigenvalue weighted by molar-refractivity contribution is 5.89. The summed E-state index contributed by atoms with van der Waals surface area (Å²) in [5, 5.41) is 16.6. The van der Waals surface area contributed by atoms with Gasteiger partial charge in [-0.2, -0.15) is 5.10 Å². The first kappa shape index (κ1) is 16.5. The molecule has 2 aromatic rings. The minimum Gasteiger partial charge on any atom is -0.394 e. The lowest BCUT2D eigenvalue weighted by Gasteiger charge is -2.40. The Kier molecular flexibility index (Phi) is 5.12. The fraction of sp³-hybridized carbons (Fsp3) is 0.412. The predicted molar refractivity (Wildman–Crippen MR) is 91.5 cm³/mol. The highest BCUT2D eigenvalue weighted by atomic mass is 16.3. The number of aryl methyl sites for hydroxylation is 1. The van der Waals surface area contributed by atoms with E-state index < -0.39 is 0 Å². The van der Waals surface area contributed by atoms with Crippen LogP contribution < -0.4 is 5.32 Å². The molecule has 1 fully saturated rings. The molecule has 1 aliphatic heterocycles. The number of aliphatic hydroxyl groups is 1. The number of aromatic nitrogens is 2. The summed E-state index contributed by atoms with van der Waals surface area (Å²) in [5.74, 6) is 0. The summed E-state index contributed by atoms with van der Waals surface area (Å²) in [6.45, 7) is 2.81. The number of carbonyl (C=O) groups excluding carboxylic acids is 1. The number of carbonyl (C=O) groups is 1. The molecule has 0 bridgehead atoms. The van der Waals surface area contributed by atoms with Crippen molar-refractivity contribution in [3.63, 3.8) is 0 Å². The molecule has 2 N–H and O–H groups in total. The molecule has 0 radical (unpaired) electrons. The van der Waals surface area contributed by atoms with Gasteiger partial charge in [0.25, 0.3) is 0 Å². The molecule has 1 saturated heterocycles. The smallest absolute Gasteiger partial charge is 0.322 e. The monoisotopic (exact) mass is 329 g/mol. The van der Waals surface area contributed by atoms with Crippen LogP contribution in [0.2, 0.25) is 0 Å². The third-order valence-corrected chi connectivity index (χ3v) is 4.24. The number of amides is 2. The summed E-state index contributed by atoms with van der Waals surface area (Å²) in [6, 6.07) is 9.83. The Labute approximate surface area is 141 Å². The minimum absolute atomic E-state index is 0.0499. The van der Waals surface area contributed by atoms with Crippen LogP contribution in [0.1, 0.15) is 5.56 Å². The SMILES string of the molecule is Cn1cc(NC(=O)N2CCN(Cc3ccccc3)C[C@H]2CO)cn1. The van der Waals surface area contributed by atoms with E-state index in [1.165, 1.54) is 5.56 Å². The van der Waals surface area contributed by atoms with Crippen LogP contribution >= 0.6 is 0 Å². The van der Waals surface area contributed by atoms with Crippen LogP contribution in [0.15, 0.2) is 42.7 Å². The molecule has 0 aliphatic carbocycles. The van der Waals surface area contributed by atoms with Crippen LogP contribution in [-0.2, 0) is 13.6 Å². The molecule has 0 spiro atoms. The molecule has 24 heavy (non-hydrogen) atoms. The van der Waals surface area contributed by atoms with Crippen LogP contribution in [0, 0.1) is 0 Å². The number of rotatable bonds is 4. The van der Waals surface area contributed by atoms with Gasteiger partial charge in [-0.1, -0.05) is 30.3 Å². The summed E-state index contributed by atoms with van der Waals surface area (Å²) in [7, 11) is 1.80. The first-order valence-corrected chi connectivity index (χ1v) is 8.09. The number of nitrogens with one attached hydrogen (secondary N) is 1. The molecule has 7 heteroatoms. The molecule has 7 nitrogen and oxygen atoms in total. The van der Waals surface area contributed by atoms with E-state index in [0.29, 0.717) is 18.8 Å². The van der Waals surface area contributed by atoms with Gasteiger partial charge < -0.3 is 15.3 Å². The van der Waals surface area contributed by atoms with Crippen LogP contribution in [0.3, 0.4) is 0 Å². The molecule has 2 heterocycles. The van der Waals surface area contributed by atoms with E-state index >= 15 is 0 Å². The average Bonchev–Trinajstić information content (AvgIpc) is 3.00. The summed E-state index contributed by atoms with van der Waals surface area (Å²) < 4.78 is 1.64. The number of piperazine rings is 1. The van der Waals surface area contributed by atoms with Crippen LogP contribution in [0.25, 0.3) is 0 Å². The van der Waals surface area contributed by atoms with Gasteiger partial charge in [0, 0.05) is 39.4 Å². The molecule has 1 aromatic heterocycles. The zero-order chi connectivity index (χ0) is 16.9. The van der Waals surface area contributed by atoms with Gasteiger partial charge in [0.1, 0.15) is 0 Å². The molecular formula is C17H23N5O2. The molecule has 1 aliphatic rings. The number of benzene rings is 1. The van der Waals surface area contributed by atoms with Crippen molar-refractivity contribution in [3.8, 4) is 0 Å². The standard InChI is InChI=1S/C17H23N5O2/c1-20-11-15(9-18-20)19-17(24)22-8-7-21(12-16(22)13-23)10-14-5-3-2-4-6-14/h2-6,9,11,16,23H,7-8,10,12-13H2,1H3,(H,19,24)/t16-/m0/s1. The average molecular weight is 329 g/mol. The van der Waals surface area contributed by atoms with Gasteiger partial charge in [-0.15, -0.1) is 0 Å². The van der Waals surface area contributed by atoms with Gasteiger partial charge in [-0.05, 0) is 5.56 Å². The van der Waals surface area contributed by atoms with Gasteiger partial charge in [0.05, 0.1) is 24.5 Å². The Balaban J connectivity index is 1.59. The maximum atomic E-state index is 12.5. The third-order valence-electron chi connectivity index (χ3n) is 4.24. The van der Waals surface area contributed by atoms with E-state index in [-0.39, 0.29) is 18.7 Å². The summed E-state index contributed by atoms with van der Waals surface area (Å²) in [6.07, 6.45) is 3.36. The number of hydrogen-bond acceptors (Lipinski definition) is 4. The first-order valence-electron chi connectivity index (χ1n) is 8.09. The molecule has 2 amide bonds. The van der Waals surface area contributed by atoms with Crippen LogP contribution in [0.5, 0.6) is 0 Å². The molecule has 0 unspecified atom stereocenters. The molecule has 3 rings (SSSR count). The first-order chi connectivity index (χ1) is 11.7. The van der Waals surface area contributed by atoms with Gasteiger partial charge in [0.2, 0.25) is 0 Å². The van der Waals surface area contributed by atoms with Crippen molar-refractivity contribution in [2.45, 2.75) is 12.6 Å². The lowest BCUT2D eigenvalue weighted by Crippen LogP contribution is -2.57. The molecule has 0 saturated carbocycles. The fourth-order valence-electron chi connectivity index (χ4n) is 3.01. The summed E-state index contributed by atoms with van der Waals surface area (Å²) in [4.78, 5) is 16.4. The van der Waals surface area contributed by atoms with E-state index in [1.807, 2.05) is 18.2 Å². The van der Waals surface area contributed by atoms with Crippen molar-refractivity contribution >= 4 is 11.7 Å². The van der Waals surface area contributed by atoms with Gasteiger partial charge in [-0.25, -0.2) is 4.79 Å². The fourth-order valence-corrected chi connectivity index (χ4v) is 3.01. The lowest BCUT2D eigenvalue weighted by atomic mass is 10.1. The van der Waals surface area contributed by atoms with E-state index in [9.17, 15) is 9.90 Å². The highest BCUT2D eigenvalue weighted by Crippen LogP contribution is 2.15. The van der Waals surface area contributed by atoms with Crippen LogP contribution in [0.4, 0.5) is 10.5 Å². The zero-order valence-electron chi connectivity index (χ0n) is 13.8. The predicted octanol–water partition coefficient (Wildman–Crippen LogP) is 1.13. The molecule has 1 aromatic carbocycles.